The zero-order valence-corrected chi connectivity index (χ0v) is 17.3. The zero-order valence-electron chi connectivity index (χ0n) is 15.7. The van der Waals surface area contributed by atoms with E-state index in [1.165, 1.54) is 12.1 Å². The smallest absolute Gasteiger partial charge is 0.417 e. The van der Waals surface area contributed by atoms with Crippen molar-refractivity contribution in [1.29, 1.82) is 0 Å². The van der Waals surface area contributed by atoms with E-state index in [0.29, 0.717) is 31.7 Å². The number of nitrogens with zero attached hydrogens (tertiary/aromatic N) is 2. The number of amides is 1. The number of hydrogen-bond acceptors (Lipinski definition) is 3. The molecule has 1 aliphatic heterocycles. The Morgan fingerprint density at radius 1 is 1.22 bits per heavy atom. The molecule has 1 aromatic rings. The summed E-state index contributed by atoms with van der Waals surface area (Å²) in [4.78, 5) is 16.3. The van der Waals surface area contributed by atoms with Crippen LogP contribution in [0, 0.1) is 0 Å². The molecule has 2 fully saturated rings. The van der Waals surface area contributed by atoms with Gasteiger partial charge in [0.15, 0.2) is 0 Å². The Kier molecular flexibility index (Phi) is 5.27. The maximum atomic E-state index is 13.1. The van der Waals surface area contributed by atoms with Gasteiger partial charge in [0.05, 0.1) is 5.56 Å². The van der Waals surface area contributed by atoms with Crippen molar-refractivity contribution >= 4 is 22.0 Å². The molecule has 0 bridgehead atoms. The van der Waals surface area contributed by atoms with Crippen LogP contribution in [0.25, 0.3) is 0 Å². The molecule has 1 aromatic carbocycles. The lowest BCUT2D eigenvalue weighted by Gasteiger charge is -2.42. The van der Waals surface area contributed by atoms with Crippen molar-refractivity contribution in [3.63, 3.8) is 0 Å². The highest BCUT2D eigenvalue weighted by Gasteiger charge is 2.52. The Labute approximate surface area is 165 Å². The molecule has 1 spiro atoms. The van der Waals surface area contributed by atoms with Gasteiger partial charge in [-0.2, -0.15) is 13.2 Å². The number of piperazine rings is 1. The van der Waals surface area contributed by atoms with Gasteiger partial charge >= 0.3 is 12.3 Å². The van der Waals surface area contributed by atoms with E-state index in [-0.39, 0.29) is 16.1 Å². The fraction of sp³-hybridized carbons (Fsp3) is 0.632. The Morgan fingerprint density at radius 2 is 1.89 bits per heavy atom. The lowest BCUT2D eigenvalue weighted by Crippen LogP contribution is -2.56. The number of carbonyl (C=O) groups is 1. The molecule has 0 atom stereocenters. The molecule has 0 unspecified atom stereocenters. The van der Waals surface area contributed by atoms with Crippen molar-refractivity contribution in [1.82, 2.24) is 9.80 Å². The van der Waals surface area contributed by atoms with Crippen LogP contribution in [0.1, 0.15) is 44.7 Å². The summed E-state index contributed by atoms with van der Waals surface area (Å²) in [6.45, 7) is 7.64. The minimum atomic E-state index is -4.39. The van der Waals surface area contributed by atoms with Gasteiger partial charge in [-0.05, 0) is 51.3 Å². The second kappa shape index (κ2) is 6.95. The normalized spacial score (nSPS) is 20.0. The van der Waals surface area contributed by atoms with E-state index in [4.69, 9.17) is 4.74 Å². The first kappa shape index (κ1) is 20.5. The van der Waals surface area contributed by atoms with Crippen LogP contribution < -0.4 is 0 Å². The van der Waals surface area contributed by atoms with Crippen LogP contribution >= 0.6 is 15.9 Å². The van der Waals surface area contributed by atoms with Crippen LogP contribution in [0.15, 0.2) is 22.7 Å². The second-order valence-corrected chi connectivity index (χ2v) is 9.21. The summed E-state index contributed by atoms with van der Waals surface area (Å²) in [6, 6.07) is 4.38. The number of hydrogen-bond donors (Lipinski definition) is 0. The Bertz CT molecular complexity index is 727. The summed E-state index contributed by atoms with van der Waals surface area (Å²) in [6.07, 6.45) is -2.83. The van der Waals surface area contributed by atoms with Crippen LogP contribution in [-0.4, -0.2) is 46.7 Å². The molecule has 4 nitrogen and oxygen atoms in total. The topological polar surface area (TPSA) is 32.8 Å². The maximum Gasteiger partial charge on any atom is 0.417 e. The SMILES string of the molecule is CC(C)(C)OC(=O)N1CCN(Cc2ccc(Br)c(C(F)(F)F)c2)C2(CC2)C1. The number of benzene rings is 1. The maximum absolute atomic E-state index is 13.1. The average molecular weight is 449 g/mol. The predicted octanol–water partition coefficient (Wildman–Crippen LogP) is 5.05. The van der Waals surface area contributed by atoms with Crippen molar-refractivity contribution < 1.29 is 22.7 Å². The van der Waals surface area contributed by atoms with Crippen LogP contribution in [0.2, 0.25) is 0 Å². The lowest BCUT2D eigenvalue weighted by atomic mass is 10.1. The van der Waals surface area contributed by atoms with Crippen LogP contribution in [-0.2, 0) is 17.5 Å². The van der Waals surface area contributed by atoms with Crippen molar-refractivity contribution in [2.24, 2.45) is 0 Å². The van der Waals surface area contributed by atoms with Gasteiger partial charge in [0.2, 0.25) is 0 Å². The predicted molar refractivity (Wildman–Crippen MR) is 99.3 cm³/mol. The third-order valence-electron chi connectivity index (χ3n) is 4.98. The summed E-state index contributed by atoms with van der Waals surface area (Å²) in [7, 11) is 0. The zero-order chi connectivity index (χ0) is 20.0. The standard InChI is InChI=1S/C19H24BrF3N2O2/c1-17(2,3)27-16(26)24-8-9-25(18(12-24)6-7-18)11-13-4-5-15(20)14(10-13)19(21,22)23/h4-5,10H,6-9,11-12H2,1-3H3. The molecule has 1 heterocycles. The lowest BCUT2D eigenvalue weighted by molar-refractivity contribution is -0.138. The molecule has 150 valence electrons. The molecule has 1 aliphatic carbocycles. The molecule has 0 radical (unpaired) electrons. The number of halogens is 4. The second-order valence-electron chi connectivity index (χ2n) is 8.36. The van der Waals surface area contributed by atoms with E-state index in [1.807, 2.05) is 20.8 Å². The summed E-state index contributed by atoms with van der Waals surface area (Å²) < 4.78 is 44.9. The molecule has 2 aliphatic rings. The van der Waals surface area contributed by atoms with E-state index >= 15 is 0 Å². The molecule has 1 amide bonds. The molecule has 3 rings (SSSR count). The Hall–Kier alpha value is -1.28. The van der Waals surface area contributed by atoms with Gasteiger partial charge in [0, 0.05) is 36.2 Å². The Balaban J connectivity index is 1.69. The van der Waals surface area contributed by atoms with Crippen molar-refractivity contribution in [2.45, 2.75) is 57.5 Å². The third-order valence-corrected chi connectivity index (χ3v) is 5.68. The van der Waals surface area contributed by atoms with Crippen LogP contribution in [0.3, 0.4) is 0 Å². The van der Waals surface area contributed by atoms with Gasteiger partial charge in [-0.3, -0.25) is 4.90 Å². The van der Waals surface area contributed by atoms with Gasteiger partial charge in [-0.15, -0.1) is 0 Å². The van der Waals surface area contributed by atoms with Crippen molar-refractivity contribution in [3.05, 3.63) is 33.8 Å². The number of rotatable bonds is 2. The first-order chi connectivity index (χ1) is 12.4. The van der Waals surface area contributed by atoms with Crippen molar-refractivity contribution in [2.75, 3.05) is 19.6 Å². The highest BCUT2D eigenvalue weighted by molar-refractivity contribution is 9.10. The molecular formula is C19H24BrF3N2O2. The van der Waals surface area contributed by atoms with Gasteiger partial charge in [0.25, 0.3) is 0 Å². The number of carbonyl (C=O) groups excluding carboxylic acids is 1. The minimum absolute atomic E-state index is 0.0506. The molecular weight excluding hydrogens is 425 g/mol. The summed E-state index contributed by atoms with van der Waals surface area (Å²) in [5.74, 6) is 0. The first-order valence-corrected chi connectivity index (χ1v) is 9.78. The van der Waals surface area contributed by atoms with Crippen LogP contribution in [0.4, 0.5) is 18.0 Å². The highest BCUT2D eigenvalue weighted by atomic mass is 79.9. The Morgan fingerprint density at radius 3 is 2.44 bits per heavy atom. The monoisotopic (exact) mass is 448 g/mol. The van der Waals surface area contributed by atoms with E-state index in [9.17, 15) is 18.0 Å². The average Bonchev–Trinajstić information content (AvgIpc) is 3.28. The number of ether oxygens (including phenoxy) is 1. The largest absolute Gasteiger partial charge is 0.444 e. The van der Waals surface area contributed by atoms with Crippen LogP contribution in [0.5, 0.6) is 0 Å². The summed E-state index contributed by atoms with van der Waals surface area (Å²) in [5, 5.41) is 0. The molecule has 8 heteroatoms. The van der Waals surface area contributed by atoms with Gasteiger partial charge in [-0.1, -0.05) is 22.0 Å². The molecule has 0 aromatic heterocycles. The fourth-order valence-corrected chi connectivity index (χ4v) is 3.94. The van der Waals surface area contributed by atoms with E-state index in [2.05, 4.69) is 20.8 Å². The van der Waals surface area contributed by atoms with E-state index in [0.717, 1.165) is 12.8 Å². The van der Waals surface area contributed by atoms with E-state index in [1.54, 1.807) is 11.0 Å². The van der Waals surface area contributed by atoms with Crippen molar-refractivity contribution in [3.8, 4) is 0 Å². The number of alkyl halides is 3. The first-order valence-electron chi connectivity index (χ1n) is 8.98. The van der Waals surface area contributed by atoms with E-state index < -0.39 is 17.3 Å². The van der Waals surface area contributed by atoms with Gasteiger partial charge in [0.1, 0.15) is 5.60 Å². The quantitative estimate of drug-likeness (QED) is 0.634. The van der Waals surface area contributed by atoms with Gasteiger partial charge in [-0.25, -0.2) is 4.79 Å². The summed E-state index contributed by atoms with van der Waals surface area (Å²) >= 11 is 2.98. The fourth-order valence-electron chi connectivity index (χ4n) is 3.47. The van der Waals surface area contributed by atoms with Gasteiger partial charge < -0.3 is 9.64 Å². The molecule has 0 N–H and O–H groups in total. The molecule has 27 heavy (non-hydrogen) atoms. The molecule has 1 saturated heterocycles. The third kappa shape index (κ3) is 4.77. The summed E-state index contributed by atoms with van der Waals surface area (Å²) in [5.41, 5.74) is -0.712. The molecule has 1 saturated carbocycles. The minimum Gasteiger partial charge on any atom is -0.444 e. The highest BCUT2D eigenvalue weighted by Crippen LogP contribution is 2.45.